The maximum Gasteiger partial charge on any atom is 0.201 e. The second-order valence-electron chi connectivity index (χ2n) is 10.6. The molecule has 5 nitrogen and oxygen atoms in total. The number of para-hydroxylation sites is 2. The van der Waals surface area contributed by atoms with Gasteiger partial charge in [-0.1, -0.05) is 84.9 Å². The molecule has 41 heavy (non-hydrogen) atoms. The topological polar surface area (TPSA) is 53.6 Å². The van der Waals surface area contributed by atoms with Crippen molar-refractivity contribution >= 4 is 78.6 Å². The molecule has 2 aliphatic rings. The zero-order valence-electron chi connectivity index (χ0n) is 22.1. The smallest absolute Gasteiger partial charge is 0.201 e. The van der Waals surface area contributed by atoms with Crippen LogP contribution in [0.1, 0.15) is 16.9 Å². The van der Waals surface area contributed by atoms with Gasteiger partial charge in [0.05, 0.1) is 17.1 Å². The van der Waals surface area contributed by atoms with Crippen LogP contribution < -0.4 is 15.5 Å². The van der Waals surface area contributed by atoms with Crippen LogP contribution in [0.25, 0.3) is 55.6 Å². The van der Waals surface area contributed by atoms with Crippen molar-refractivity contribution in [1.82, 2.24) is 5.32 Å². The highest BCUT2D eigenvalue weighted by Crippen LogP contribution is 2.49. The minimum Gasteiger partial charge on any atom is -0.454 e. The molecule has 5 heteroatoms. The molecule has 0 saturated carbocycles. The molecule has 0 amide bonds. The summed E-state index contributed by atoms with van der Waals surface area (Å²) in [5.41, 5.74) is 6.95. The van der Waals surface area contributed by atoms with Crippen LogP contribution in [0.15, 0.2) is 112 Å². The van der Waals surface area contributed by atoms with Crippen LogP contribution >= 0.6 is 0 Å². The molecule has 2 N–H and O–H groups in total. The molecule has 196 valence electrons. The number of nitrogens with one attached hydrogen (secondary N) is 2. The van der Waals surface area contributed by atoms with Crippen molar-refractivity contribution in [3.05, 3.63) is 120 Å². The van der Waals surface area contributed by atoms with Gasteiger partial charge >= 0.3 is 0 Å². The second kappa shape index (κ2) is 8.54. The van der Waals surface area contributed by atoms with Crippen molar-refractivity contribution < 1.29 is 8.83 Å². The Morgan fingerprint density at radius 3 is 2.24 bits per heavy atom. The predicted octanol–water partition coefficient (Wildman–Crippen LogP) is 9.47. The van der Waals surface area contributed by atoms with Crippen molar-refractivity contribution in [1.29, 1.82) is 0 Å². The van der Waals surface area contributed by atoms with Crippen LogP contribution in [0.3, 0.4) is 0 Å². The number of anilines is 4. The Kier molecular flexibility index (Phi) is 4.66. The monoisotopic (exact) mass is 531 g/mol. The third-order valence-electron chi connectivity index (χ3n) is 8.33. The minimum atomic E-state index is 0.736. The Morgan fingerprint density at radius 1 is 0.634 bits per heavy atom. The first-order valence-corrected chi connectivity index (χ1v) is 14.0. The quantitative estimate of drug-likeness (QED) is 0.222. The van der Waals surface area contributed by atoms with Crippen LogP contribution in [0.2, 0.25) is 0 Å². The third-order valence-corrected chi connectivity index (χ3v) is 8.33. The largest absolute Gasteiger partial charge is 0.454 e. The number of furan rings is 2. The fourth-order valence-electron chi connectivity index (χ4n) is 6.50. The van der Waals surface area contributed by atoms with E-state index >= 15 is 0 Å². The Hall–Kier alpha value is -5.42. The molecule has 2 aliphatic heterocycles. The summed E-state index contributed by atoms with van der Waals surface area (Å²) in [7, 11) is 0. The van der Waals surface area contributed by atoms with E-state index in [1.165, 1.54) is 21.7 Å². The lowest BCUT2D eigenvalue weighted by molar-refractivity contribution is 0.592. The average molecular weight is 532 g/mol. The van der Waals surface area contributed by atoms with E-state index in [9.17, 15) is 0 Å². The van der Waals surface area contributed by atoms with Gasteiger partial charge in [0.25, 0.3) is 0 Å². The summed E-state index contributed by atoms with van der Waals surface area (Å²) in [6.45, 7) is 1.49. The first-order chi connectivity index (χ1) is 20.3. The first-order valence-electron chi connectivity index (χ1n) is 14.0. The first kappa shape index (κ1) is 22.4. The van der Waals surface area contributed by atoms with E-state index < -0.39 is 0 Å². The minimum absolute atomic E-state index is 0.736. The van der Waals surface area contributed by atoms with Gasteiger partial charge in [0.15, 0.2) is 11.2 Å². The Morgan fingerprint density at radius 2 is 1.37 bits per heavy atom. The maximum atomic E-state index is 6.62. The molecule has 0 spiro atoms. The van der Waals surface area contributed by atoms with Crippen molar-refractivity contribution in [2.24, 2.45) is 0 Å². The van der Waals surface area contributed by atoms with Gasteiger partial charge in [-0.3, -0.25) is 0 Å². The molecular formula is C36H25N3O2. The van der Waals surface area contributed by atoms with Gasteiger partial charge in [0.1, 0.15) is 5.76 Å². The number of hydrogen-bond donors (Lipinski definition) is 2. The van der Waals surface area contributed by atoms with Crippen LogP contribution in [0.4, 0.5) is 22.9 Å². The molecule has 0 saturated heterocycles. The van der Waals surface area contributed by atoms with E-state index in [-0.39, 0.29) is 0 Å². The van der Waals surface area contributed by atoms with E-state index in [0.29, 0.717) is 0 Å². The van der Waals surface area contributed by atoms with E-state index in [1.807, 2.05) is 12.3 Å². The summed E-state index contributed by atoms with van der Waals surface area (Å²) in [5.74, 6) is 1.71. The lowest BCUT2D eigenvalue weighted by Gasteiger charge is -2.27. The standard InChI is InChI=1S/C36H25N3O2/c1-2-9-23-22(8-1)20-32(25-11-4-3-10-24(23)25)39(30-15-6-13-27-29-21-37-19-17-33(29)40-34(27)30)31-16-5-12-26-28-14-7-18-38-36(28)41-35(26)31/h1-17,19-20,37-38H,18,21H2. The molecule has 0 fully saturated rings. The Bertz CT molecular complexity index is 2220. The van der Waals surface area contributed by atoms with Crippen molar-refractivity contribution in [2.75, 3.05) is 16.8 Å². The van der Waals surface area contributed by atoms with Gasteiger partial charge in [-0.2, -0.15) is 0 Å². The molecule has 0 unspecified atom stereocenters. The fraction of sp³-hybridized carbons (Fsp3) is 0.0556. The van der Waals surface area contributed by atoms with Gasteiger partial charge in [-0.05, 0) is 40.4 Å². The van der Waals surface area contributed by atoms with Crippen molar-refractivity contribution in [3.8, 4) is 0 Å². The molecule has 4 heterocycles. The Balaban J connectivity index is 1.42. The normalized spacial score (nSPS) is 13.9. The van der Waals surface area contributed by atoms with E-state index in [4.69, 9.17) is 8.83 Å². The SMILES string of the molecule is C1=Cc2c(oc3c(N(c4cc5ccccc5c5ccccc45)c4cccc5c6c(oc45)C=CNC6)cccc23)NC1. The third kappa shape index (κ3) is 3.23. The molecule has 9 rings (SSSR count). The van der Waals surface area contributed by atoms with Crippen LogP contribution in [-0.2, 0) is 6.54 Å². The molecule has 7 aromatic rings. The zero-order valence-corrected chi connectivity index (χ0v) is 22.1. The van der Waals surface area contributed by atoms with Gasteiger partial charge in [0.2, 0.25) is 5.88 Å². The van der Waals surface area contributed by atoms with E-state index in [0.717, 1.165) is 74.7 Å². The second-order valence-corrected chi connectivity index (χ2v) is 10.6. The van der Waals surface area contributed by atoms with E-state index in [1.54, 1.807) is 0 Å². The van der Waals surface area contributed by atoms with Gasteiger partial charge in [0, 0.05) is 46.6 Å². The molecule has 0 radical (unpaired) electrons. The van der Waals surface area contributed by atoms with Crippen molar-refractivity contribution in [3.63, 3.8) is 0 Å². The summed E-state index contributed by atoms with van der Waals surface area (Å²) in [5, 5.41) is 13.7. The predicted molar refractivity (Wildman–Crippen MR) is 169 cm³/mol. The number of rotatable bonds is 3. The summed E-state index contributed by atoms with van der Waals surface area (Å²) >= 11 is 0. The molecule has 0 bridgehead atoms. The highest BCUT2D eigenvalue weighted by molar-refractivity contribution is 6.16. The lowest BCUT2D eigenvalue weighted by Crippen LogP contribution is -2.11. The molecular weight excluding hydrogens is 506 g/mol. The number of hydrogen-bond acceptors (Lipinski definition) is 5. The van der Waals surface area contributed by atoms with Gasteiger partial charge in [-0.25, -0.2) is 0 Å². The highest BCUT2D eigenvalue weighted by atomic mass is 16.4. The van der Waals surface area contributed by atoms with Gasteiger partial charge in [-0.15, -0.1) is 0 Å². The van der Waals surface area contributed by atoms with Gasteiger partial charge < -0.3 is 24.4 Å². The number of nitrogens with zero attached hydrogens (tertiary/aromatic N) is 1. The number of benzene rings is 5. The molecule has 0 aliphatic carbocycles. The van der Waals surface area contributed by atoms with Crippen LogP contribution in [0.5, 0.6) is 0 Å². The summed E-state index contributed by atoms with van der Waals surface area (Å²) in [4.78, 5) is 2.32. The zero-order chi connectivity index (χ0) is 26.9. The van der Waals surface area contributed by atoms with Crippen LogP contribution in [0, 0.1) is 0 Å². The maximum absolute atomic E-state index is 6.62. The lowest BCUT2D eigenvalue weighted by atomic mass is 9.98. The van der Waals surface area contributed by atoms with Crippen molar-refractivity contribution in [2.45, 2.75) is 6.54 Å². The Labute approximate surface area is 236 Å². The fourth-order valence-corrected chi connectivity index (χ4v) is 6.50. The van der Waals surface area contributed by atoms with Crippen LogP contribution in [-0.4, -0.2) is 6.54 Å². The summed E-state index contributed by atoms with van der Waals surface area (Å²) < 4.78 is 13.2. The molecule has 0 atom stereocenters. The molecule has 5 aromatic carbocycles. The summed E-state index contributed by atoms with van der Waals surface area (Å²) in [6, 6.07) is 32.4. The number of fused-ring (bicyclic) bond motifs is 9. The summed E-state index contributed by atoms with van der Waals surface area (Å²) in [6.07, 6.45) is 8.25. The average Bonchev–Trinajstić information content (AvgIpc) is 3.61. The highest BCUT2D eigenvalue weighted by Gasteiger charge is 2.27. The van der Waals surface area contributed by atoms with E-state index in [2.05, 4.69) is 119 Å². The molecule has 2 aromatic heterocycles.